The van der Waals surface area contributed by atoms with E-state index in [0.29, 0.717) is 17.4 Å². The first kappa shape index (κ1) is 13.4. The summed E-state index contributed by atoms with van der Waals surface area (Å²) in [6.45, 7) is 0.385. The van der Waals surface area contributed by atoms with Gasteiger partial charge < -0.3 is 0 Å². The molecule has 0 saturated heterocycles. The van der Waals surface area contributed by atoms with Crippen molar-refractivity contribution < 1.29 is 0 Å². The van der Waals surface area contributed by atoms with Crippen LogP contribution in [-0.2, 0) is 6.54 Å². The number of aromatic nitrogens is 5. The van der Waals surface area contributed by atoms with Crippen molar-refractivity contribution in [2.75, 3.05) is 0 Å². The Kier molecular flexibility index (Phi) is 3.20. The van der Waals surface area contributed by atoms with E-state index in [2.05, 4.69) is 15.4 Å². The van der Waals surface area contributed by atoms with Crippen LogP contribution in [0.3, 0.4) is 0 Å². The van der Waals surface area contributed by atoms with Gasteiger partial charge in [-0.25, -0.2) is 9.36 Å². The van der Waals surface area contributed by atoms with Crippen LogP contribution < -0.4 is 5.56 Å². The van der Waals surface area contributed by atoms with E-state index in [4.69, 9.17) is 0 Å². The van der Waals surface area contributed by atoms with Gasteiger partial charge in [-0.2, -0.15) is 5.10 Å². The number of benzene rings is 2. The lowest BCUT2D eigenvalue weighted by Gasteiger charge is -2.06. The molecule has 0 bridgehead atoms. The molecule has 112 valence electrons. The Morgan fingerprint density at radius 2 is 1.78 bits per heavy atom. The van der Waals surface area contributed by atoms with Crippen LogP contribution in [0.2, 0.25) is 0 Å². The average Bonchev–Trinajstić information content (AvgIpc) is 3.13. The summed E-state index contributed by atoms with van der Waals surface area (Å²) in [5.41, 5.74) is 2.43. The fourth-order valence-corrected chi connectivity index (χ4v) is 2.48. The maximum Gasteiger partial charge on any atom is 0.277 e. The van der Waals surface area contributed by atoms with Gasteiger partial charge in [-0.3, -0.25) is 4.79 Å². The van der Waals surface area contributed by atoms with E-state index in [1.54, 1.807) is 23.0 Å². The summed E-state index contributed by atoms with van der Waals surface area (Å²) in [5, 5.41) is 12.9. The smallest absolute Gasteiger partial charge is 0.267 e. The van der Waals surface area contributed by atoms with Crippen LogP contribution in [0, 0.1) is 0 Å². The molecule has 0 unspecified atom stereocenters. The largest absolute Gasteiger partial charge is 0.277 e. The van der Waals surface area contributed by atoms with Crippen LogP contribution >= 0.6 is 0 Å². The fraction of sp³-hybridized carbons (Fsp3) is 0.0588. The summed E-state index contributed by atoms with van der Waals surface area (Å²) in [4.78, 5) is 12.4. The number of hydrogen-bond donors (Lipinski definition) is 0. The minimum absolute atomic E-state index is 0.133. The monoisotopic (exact) mass is 303 g/mol. The molecule has 2 aromatic carbocycles. The predicted molar refractivity (Wildman–Crippen MR) is 86.5 cm³/mol. The second kappa shape index (κ2) is 5.49. The van der Waals surface area contributed by atoms with E-state index in [9.17, 15) is 4.79 Å². The Bertz CT molecular complexity index is 1000. The molecule has 0 aliphatic heterocycles. The first-order chi connectivity index (χ1) is 11.3. The van der Waals surface area contributed by atoms with Gasteiger partial charge in [0.05, 0.1) is 17.6 Å². The molecule has 0 fully saturated rings. The second-order valence-corrected chi connectivity index (χ2v) is 5.19. The Hall–Kier alpha value is -3.28. The van der Waals surface area contributed by atoms with E-state index in [1.807, 2.05) is 48.7 Å². The Labute approximate surface area is 131 Å². The van der Waals surface area contributed by atoms with Crippen molar-refractivity contribution in [2.45, 2.75) is 6.54 Å². The summed E-state index contributed by atoms with van der Waals surface area (Å²) >= 11 is 0. The summed E-state index contributed by atoms with van der Waals surface area (Å²) < 4.78 is 3.16. The van der Waals surface area contributed by atoms with Gasteiger partial charge in [-0.05, 0) is 35.9 Å². The molecule has 0 aliphatic carbocycles. The molecule has 6 heteroatoms. The molecular formula is C17H13N5O. The molecule has 4 aromatic rings. The molecule has 23 heavy (non-hydrogen) atoms. The summed E-state index contributed by atoms with van der Waals surface area (Å²) in [7, 11) is 0. The van der Waals surface area contributed by atoms with Crippen molar-refractivity contribution in [1.82, 2.24) is 24.8 Å². The van der Waals surface area contributed by atoms with Crippen LogP contribution in [0.4, 0.5) is 0 Å². The Morgan fingerprint density at radius 1 is 0.957 bits per heavy atom. The molecule has 0 amide bonds. The molecule has 0 aliphatic rings. The lowest BCUT2D eigenvalue weighted by Crippen LogP contribution is -2.24. The molecule has 2 heterocycles. The molecule has 2 aromatic heterocycles. The van der Waals surface area contributed by atoms with Gasteiger partial charge in [-0.1, -0.05) is 29.5 Å². The lowest BCUT2D eigenvalue weighted by atomic mass is 10.2. The molecule has 0 saturated carbocycles. The quantitative estimate of drug-likeness (QED) is 0.581. The minimum Gasteiger partial charge on any atom is -0.267 e. The zero-order valence-electron chi connectivity index (χ0n) is 12.2. The number of nitrogens with zero attached hydrogens (tertiary/aromatic N) is 5. The second-order valence-electron chi connectivity index (χ2n) is 5.19. The molecule has 0 N–H and O–H groups in total. The van der Waals surface area contributed by atoms with Crippen molar-refractivity contribution in [3.63, 3.8) is 0 Å². The van der Waals surface area contributed by atoms with Crippen molar-refractivity contribution in [1.29, 1.82) is 0 Å². The number of fused-ring (bicyclic) bond motifs is 1. The van der Waals surface area contributed by atoms with Crippen molar-refractivity contribution >= 4 is 10.9 Å². The molecule has 6 nitrogen and oxygen atoms in total. The Balaban J connectivity index is 1.66. The van der Waals surface area contributed by atoms with Crippen LogP contribution in [-0.4, -0.2) is 24.8 Å². The highest BCUT2D eigenvalue weighted by Crippen LogP contribution is 2.10. The number of rotatable bonds is 3. The topological polar surface area (TPSA) is 65.6 Å². The molecule has 0 spiro atoms. The first-order valence-corrected chi connectivity index (χ1v) is 7.23. The summed E-state index contributed by atoms with van der Waals surface area (Å²) in [5.74, 6) is 0. The van der Waals surface area contributed by atoms with Gasteiger partial charge in [-0.15, -0.1) is 5.10 Å². The highest BCUT2D eigenvalue weighted by atomic mass is 16.1. The zero-order chi connectivity index (χ0) is 15.6. The third-order valence-corrected chi connectivity index (χ3v) is 3.67. The Morgan fingerprint density at radius 3 is 2.57 bits per heavy atom. The molecular weight excluding hydrogens is 290 g/mol. The van der Waals surface area contributed by atoms with Crippen LogP contribution in [0.15, 0.2) is 71.8 Å². The van der Waals surface area contributed by atoms with Gasteiger partial charge in [0.15, 0.2) is 0 Å². The first-order valence-electron chi connectivity index (χ1n) is 7.23. The maximum atomic E-state index is 12.4. The van der Waals surface area contributed by atoms with Crippen molar-refractivity contribution in [3.05, 3.63) is 82.9 Å². The molecule has 0 radical (unpaired) electrons. The normalized spacial score (nSPS) is 11.0. The minimum atomic E-state index is -0.133. The highest BCUT2D eigenvalue weighted by molar-refractivity contribution is 5.76. The van der Waals surface area contributed by atoms with Gasteiger partial charge in [0.2, 0.25) is 0 Å². The highest BCUT2D eigenvalue weighted by Gasteiger charge is 2.06. The van der Waals surface area contributed by atoms with Crippen molar-refractivity contribution in [3.8, 4) is 5.69 Å². The van der Waals surface area contributed by atoms with Gasteiger partial charge in [0.25, 0.3) is 5.56 Å². The predicted octanol–water partition coefficient (Wildman–Crippen LogP) is 2.03. The van der Waals surface area contributed by atoms with E-state index >= 15 is 0 Å². The van der Waals surface area contributed by atoms with Crippen LogP contribution in [0.25, 0.3) is 16.6 Å². The maximum absolute atomic E-state index is 12.4. The van der Waals surface area contributed by atoms with E-state index < -0.39 is 0 Å². The van der Waals surface area contributed by atoms with E-state index in [0.717, 1.165) is 11.3 Å². The van der Waals surface area contributed by atoms with Gasteiger partial charge >= 0.3 is 0 Å². The van der Waals surface area contributed by atoms with E-state index in [-0.39, 0.29) is 5.56 Å². The fourth-order valence-electron chi connectivity index (χ4n) is 2.48. The van der Waals surface area contributed by atoms with Gasteiger partial charge in [0, 0.05) is 12.4 Å². The van der Waals surface area contributed by atoms with Gasteiger partial charge in [0.1, 0.15) is 5.52 Å². The van der Waals surface area contributed by atoms with Crippen LogP contribution in [0.1, 0.15) is 5.56 Å². The zero-order valence-corrected chi connectivity index (χ0v) is 12.2. The SMILES string of the molecule is O=c1c2ccccc2nnn1Cc1ccc(-n2cccn2)cc1. The average molecular weight is 303 g/mol. The number of hydrogen-bond acceptors (Lipinski definition) is 4. The molecule has 0 atom stereocenters. The summed E-state index contributed by atoms with van der Waals surface area (Å²) in [6.07, 6.45) is 3.62. The summed E-state index contributed by atoms with van der Waals surface area (Å²) in [6, 6.07) is 16.9. The lowest BCUT2D eigenvalue weighted by molar-refractivity contribution is 0.600. The van der Waals surface area contributed by atoms with Crippen molar-refractivity contribution in [2.24, 2.45) is 0 Å². The molecule has 4 rings (SSSR count). The standard InChI is InChI=1S/C17H13N5O/c23-17-15-4-1-2-5-16(15)19-20-22(17)12-13-6-8-14(9-7-13)21-11-3-10-18-21/h1-11H,12H2. The van der Waals surface area contributed by atoms with Crippen LogP contribution in [0.5, 0.6) is 0 Å². The third-order valence-electron chi connectivity index (χ3n) is 3.67. The van der Waals surface area contributed by atoms with E-state index in [1.165, 1.54) is 4.68 Å². The third kappa shape index (κ3) is 2.50.